The summed E-state index contributed by atoms with van der Waals surface area (Å²) in [4.78, 5) is 0. The first-order chi connectivity index (χ1) is 12.0. The molecule has 3 atom stereocenters. The summed E-state index contributed by atoms with van der Waals surface area (Å²) in [5.41, 5.74) is 3.30. The van der Waals surface area contributed by atoms with E-state index in [2.05, 4.69) is 31.8 Å². The molecule has 1 saturated carbocycles. The van der Waals surface area contributed by atoms with Crippen LogP contribution in [0.3, 0.4) is 0 Å². The van der Waals surface area contributed by atoms with Gasteiger partial charge in [-0.3, -0.25) is 0 Å². The molecule has 0 aromatic heterocycles. The Balaban J connectivity index is 1.30. The van der Waals surface area contributed by atoms with Gasteiger partial charge in [0.25, 0.3) is 0 Å². The van der Waals surface area contributed by atoms with E-state index in [-0.39, 0.29) is 6.29 Å². The smallest absolute Gasteiger partial charge is 0.184 e. The molecule has 1 aliphatic heterocycles. The zero-order chi connectivity index (χ0) is 17.7. The molecule has 0 aromatic rings. The zero-order valence-electron chi connectivity index (χ0n) is 16.4. The first-order valence-electron chi connectivity index (χ1n) is 10.3. The van der Waals surface area contributed by atoms with Crippen LogP contribution in [0.15, 0.2) is 23.3 Å². The molecule has 0 aromatic carbocycles. The number of unbranched alkanes of at least 4 members (excludes halogenated alkanes) is 2. The predicted octanol–water partition coefficient (Wildman–Crippen LogP) is 5.59. The van der Waals surface area contributed by atoms with E-state index < -0.39 is 8.32 Å². The molecule has 0 radical (unpaired) electrons. The molecule has 0 amide bonds. The van der Waals surface area contributed by atoms with E-state index in [1.807, 2.05) is 0 Å². The van der Waals surface area contributed by atoms with Crippen molar-refractivity contribution in [2.24, 2.45) is 5.92 Å². The second-order valence-electron chi connectivity index (χ2n) is 8.85. The lowest BCUT2D eigenvalue weighted by Gasteiger charge is -2.22. The van der Waals surface area contributed by atoms with Crippen LogP contribution in [0, 0.1) is 5.92 Å². The summed E-state index contributed by atoms with van der Waals surface area (Å²) in [7, 11) is -1.41. The van der Waals surface area contributed by atoms with Crippen LogP contribution in [0.25, 0.3) is 0 Å². The molecule has 2 aliphatic carbocycles. The molecule has 0 N–H and O–H groups in total. The highest BCUT2D eigenvalue weighted by atomic mass is 28.4. The fraction of sp³-hybridized carbons (Fsp3) is 0.810. The maximum Gasteiger partial charge on any atom is 0.184 e. The zero-order valence-corrected chi connectivity index (χ0v) is 17.4. The molecular formula is C21H36O3Si. The van der Waals surface area contributed by atoms with Crippen molar-refractivity contribution < 1.29 is 13.9 Å². The van der Waals surface area contributed by atoms with Crippen molar-refractivity contribution in [1.29, 1.82) is 0 Å². The molecule has 3 rings (SSSR count). The van der Waals surface area contributed by atoms with Crippen molar-refractivity contribution in [2.45, 2.75) is 89.8 Å². The standard InChI is InChI=1S/C21H36O3Si/c1-25(2,3)24-20-15-18-13-17(14-19(18)16-20)9-5-4-7-11-22-21-10-6-8-12-23-21/h9,15,19-21H,4-8,10-14,16H2,1-3H3/b17-9-. The summed E-state index contributed by atoms with van der Waals surface area (Å²) in [5, 5.41) is 0. The predicted molar refractivity (Wildman–Crippen MR) is 105 cm³/mol. The van der Waals surface area contributed by atoms with E-state index in [0.717, 1.165) is 32.0 Å². The Labute approximate surface area is 154 Å². The molecule has 3 unspecified atom stereocenters. The fourth-order valence-electron chi connectivity index (χ4n) is 4.24. The van der Waals surface area contributed by atoms with Gasteiger partial charge in [0.15, 0.2) is 14.6 Å². The lowest BCUT2D eigenvalue weighted by molar-refractivity contribution is -0.162. The topological polar surface area (TPSA) is 27.7 Å². The van der Waals surface area contributed by atoms with Crippen molar-refractivity contribution in [1.82, 2.24) is 0 Å². The van der Waals surface area contributed by atoms with Gasteiger partial charge < -0.3 is 13.9 Å². The third-order valence-corrected chi connectivity index (χ3v) is 6.37. The first-order valence-corrected chi connectivity index (χ1v) is 13.7. The SMILES string of the molecule is C[Si](C)(C)OC1C=C2C/C(=C/CCCCOC3CCCCO3)CC2C1. The Morgan fingerprint density at radius 3 is 2.84 bits per heavy atom. The van der Waals surface area contributed by atoms with Crippen LogP contribution in [0.1, 0.15) is 57.8 Å². The molecule has 3 aliphatic rings. The van der Waals surface area contributed by atoms with Gasteiger partial charge >= 0.3 is 0 Å². The summed E-state index contributed by atoms with van der Waals surface area (Å²) in [6, 6.07) is 0. The summed E-state index contributed by atoms with van der Waals surface area (Å²) in [6.07, 6.45) is 16.1. The van der Waals surface area contributed by atoms with Gasteiger partial charge in [0.2, 0.25) is 0 Å². The van der Waals surface area contributed by atoms with Crippen molar-refractivity contribution >= 4 is 8.32 Å². The van der Waals surface area contributed by atoms with Gasteiger partial charge in [-0.25, -0.2) is 0 Å². The van der Waals surface area contributed by atoms with Gasteiger partial charge in [-0.05, 0) is 83.3 Å². The van der Waals surface area contributed by atoms with Crippen LogP contribution < -0.4 is 0 Å². The van der Waals surface area contributed by atoms with E-state index in [4.69, 9.17) is 13.9 Å². The van der Waals surface area contributed by atoms with Crippen LogP contribution >= 0.6 is 0 Å². The Morgan fingerprint density at radius 1 is 1.24 bits per heavy atom. The van der Waals surface area contributed by atoms with Crippen LogP contribution in [0.5, 0.6) is 0 Å². The van der Waals surface area contributed by atoms with Crippen LogP contribution in [0.2, 0.25) is 19.6 Å². The van der Waals surface area contributed by atoms with E-state index in [1.54, 1.807) is 11.1 Å². The maximum atomic E-state index is 6.26. The third-order valence-electron chi connectivity index (χ3n) is 5.36. The summed E-state index contributed by atoms with van der Waals surface area (Å²) in [5.74, 6) is 0.763. The lowest BCUT2D eigenvalue weighted by Crippen LogP contribution is -2.30. The molecule has 2 fully saturated rings. The summed E-state index contributed by atoms with van der Waals surface area (Å²) < 4.78 is 17.7. The molecular weight excluding hydrogens is 328 g/mol. The molecule has 1 saturated heterocycles. The van der Waals surface area contributed by atoms with Gasteiger partial charge in [0, 0.05) is 13.2 Å². The van der Waals surface area contributed by atoms with Crippen LogP contribution in [0.4, 0.5) is 0 Å². The van der Waals surface area contributed by atoms with Crippen molar-refractivity contribution in [3.63, 3.8) is 0 Å². The monoisotopic (exact) mass is 364 g/mol. The van der Waals surface area contributed by atoms with E-state index in [0.29, 0.717) is 6.10 Å². The van der Waals surface area contributed by atoms with Gasteiger partial charge in [-0.1, -0.05) is 23.3 Å². The van der Waals surface area contributed by atoms with E-state index >= 15 is 0 Å². The molecule has 4 heteroatoms. The Hall–Kier alpha value is -0.423. The highest BCUT2D eigenvalue weighted by Gasteiger charge is 2.34. The van der Waals surface area contributed by atoms with Gasteiger partial charge in [0.1, 0.15) is 0 Å². The van der Waals surface area contributed by atoms with E-state index in [9.17, 15) is 0 Å². The normalized spacial score (nSPS) is 31.4. The minimum Gasteiger partial charge on any atom is -0.411 e. The second-order valence-corrected chi connectivity index (χ2v) is 13.3. The average Bonchev–Trinajstić information content (AvgIpc) is 3.07. The number of allylic oxidation sites excluding steroid dienone is 3. The van der Waals surface area contributed by atoms with Crippen LogP contribution in [-0.2, 0) is 13.9 Å². The Kier molecular flexibility index (Phi) is 6.95. The quantitative estimate of drug-likeness (QED) is 0.319. The van der Waals surface area contributed by atoms with Gasteiger partial charge in [-0.2, -0.15) is 0 Å². The first kappa shape index (κ1) is 19.3. The average molecular weight is 365 g/mol. The van der Waals surface area contributed by atoms with Gasteiger partial charge in [-0.15, -0.1) is 0 Å². The van der Waals surface area contributed by atoms with E-state index in [1.165, 1.54) is 44.9 Å². The Bertz CT molecular complexity index is 486. The highest BCUT2D eigenvalue weighted by Crippen LogP contribution is 2.44. The lowest BCUT2D eigenvalue weighted by atomic mass is 10.0. The number of fused-ring (bicyclic) bond motifs is 1. The van der Waals surface area contributed by atoms with Gasteiger partial charge in [0.05, 0.1) is 6.10 Å². The Morgan fingerprint density at radius 2 is 2.12 bits per heavy atom. The highest BCUT2D eigenvalue weighted by molar-refractivity contribution is 6.69. The minimum atomic E-state index is -1.41. The molecule has 142 valence electrons. The molecule has 1 heterocycles. The molecule has 3 nitrogen and oxygen atoms in total. The summed E-state index contributed by atoms with van der Waals surface area (Å²) in [6.45, 7) is 8.58. The summed E-state index contributed by atoms with van der Waals surface area (Å²) >= 11 is 0. The van der Waals surface area contributed by atoms with Crippen molar-refractivity contribution in [3.8, 4) is 0 Å². The molecule has 25 heavy (non-hydrogen) atoms. The number of rotatable bonds is 8. The van der Waals surface area contributed by atoms with Crippen molar-refractivity contribution in [2.75, 3.05) is 13.2 Å². The molecule has 0 bridgehead atoms. The number of hydrogen-bond acceptors (Lipinski definition) is 3. The minimum absolute atomic E-state index is 0.0690. The number of hydrogen-bond donors (Lipinski definition) is 0. The largest absolute Gasteiger partial charge is 0.411 e. The van der Waals surface area contributed by atoms with Crippen LogP contribution in [-0.4, -0.2) is 33.9 Å². The third kappa shape index (κ3) is 6.35. The molecule has 0 spiro atoms. The van der Waals surface area contributed by atoms with Crippen molar-refractivity contribution in [3.05, 3.63) is 23.3 Å². The maximum absolute atomic E-state index is 6.26. The number of ether oxygens (including phenoxy) is 2. The second kappa shape index (κ2) is 8.98. The fourth-order valence-corrected chi connectivity index (χ4v) is 5.32.